The molecular formula is C24H30N2O4. The van der Waals surface area contributed by atoms with E-state index in [2.05, 4.69) is 4.74 Å². The molecule has 0 aliphatic heterocycles. The van der Waals surface area contributed by atoms with Crippen LogP contribution in [0.1, 0.15) is 44.1 Å². The molecule has 0 aliphatic rings. The summed E-state index contributed by atoms with van der Waals surface area (Å²) in [5.41, 5.74) is 3.02. The Balaban J connectivity index is 1.64. The van der Waals surface area contributed by atoms with Gasteiger partial charge in [-0.15, -0.1) is 0 Å². The molecule has 2 aromatic carbocycles. The second-order valence-corrected chi connectivity index (χ2v) is 7.45. The first-order chi connectivity index (χ1) is 14.6. The molecule has 30 heavy (non-hydrogen) atoms. The SMILES string of the molecule is COC(=O)CCCCCCCn1c(=O)n(Cc2ccc(OC)cc2)c2ccccc21. The van der Waals surface area contributed by atoms with Gasteiger partial charge >= 0.3 is 11.7 Å². The van der Waals surface area contributed by atoms with Crippen LogP contribution in [0.15, 0.2) is 53.3 Å². The van der Waals surface area contributed by atoms with E-state index in [1.165, 1.54) is 7.11 Å². The van der Waals surface area contributed by atoms with Gasteiger partial charge in [0.15, 0.2) is 0 Å². The zero-order chi connectivity index (χ0) is 21.3. The Hall–Kier alpha value is -3.02. The third-order valence-corrected chi connectivity index (χ3v) is 5.42. The molecule has 1 aromatic heterocycles. The van der Waals surface area contributed by atoms with Gasteiger partial charge in [0.1, 0.15) is 5.75 Å². The highest BCUT2D eigenvalue weighted by Gasteiger charge is 2.13. The summed E-state index contributed by atoms with van der Waals surface area (Å²) in [5, 5.41) is 0. The summed E-state index contributed by atoms with van der Waals surface area (Å²) < 4.78 is 13.6. The van der Waals surface area contributed by atoms with Crippen molar-refractivity contribution in [3.05, 3.63) is 64.6 Å². The summed E-state index contributed by atoms with van der Waals surface area (Å²) in [6.07, 6.45) is 5.36. The van der Waals surface area contributed by atoms with Crippen molar-refractivity contribution in [2.45, 2.75) is 51.6 Å². The van der Waals surface area contributed by atoms with Crippen molar-refractivity contribution in [2.75, 3.05) is 14.2 Å². The maximum absolute atomic E-state index is 13.1. The minimum absolute atomic E-state index is 0.0257. The molecule has 0 saturated carbocycles. The van der Waals surface area contributed by atoms with Crippen molar-refractivity contribution in [3.8, 4) is 5.75 Å². The number of carbonyl (C=O) groups is 1. The van der Waals surface area contributed by atoms with E-state index in [0.29, 0.717) is 19.5 Å². The molecule has 3 aromatic rings. The average molecular weight is 411 g/mol. The molecule has 6 nitrogen and oxygen atoms in total. The summed E-state index contributed by atoms with van der Waals surface area (Å²) in [7, 11) is 3.07. The predicted octanol–water partition coefficient (Wildman–Crippen LogP) is 4.37. The lowest BCUT2D eigenvalue weighted by atomic mass is 10.1. The lowest BCUT2D eigenvalue weighted by Gasteiger charge is -2.05. The van der Waals surface area contributed by atoms with Crippen LogP contribution in [0.5, 0.6) is 5.75 Å². The second kappa shape index (κ2) is 10.7. The van der Waals surface area contributed by atoms with Crippen LogP contribution in [0.2, 0.25) is 0 Å². The average Bonchev–Trinajstić information content (AvgIpc) is 3.04. The third-order valence-electron chi connectivity index (χ3n) is 5.42. The summed E-state index contributed by atoms with van der Waals surface area (Å²) in [6.45, 7) is 1.23. The number of ether oxygens (including phenoxy) is 2. The van der Waals surface area contributed by atoms with Gasteiger partial charge in [0.2, 0.25) is 0 Å². The van der Waals surface area contributed by atoms with E-state index in [4.69, 9.17) is 4.74 Å². The lowest BCUT2D eigenvalue weighted by molar-refractivity contribution is -0.140. The zero-order valence-corrected chi connectivity index (χ0v) is 17.8. The summed E-state index contributed by atoms with van der Waals surface area (Å²) in [4.78, 5) is 24.3. The van der Waals surface area contributed by atoms with Crippen molar-refractivity contribution in [3.63, 3.8) is 0 Å². The lowest BCUT2D eigenvalue weighted by Crippen LogP contribution is -2.24. The first-order valence-electron chi connectivity index (χ1n) is 10.5. The van der Waals surface area contributed by atoms with Gasteiger partial charge in [0, 0.05) is 13.0 Å². The number of aromatic nitrogens is 2. The van der Waals surface area contributed by atoms with Gasteiger partial charge in [0.05, 0.1) is 31.8 Å². The van der Waals surface area contributed by atoms with Gasteiger partial charge in [-0.25, -0.2) is 4.79 Å². The highest BCUT2D eigenvalue weighted by Crippen LogP contribution is 2.17. The number of unbranched alkanes of at least 4 members (excludes halogenated alkanes) is 4. The summed E-state index contributed by atoms with van der Waals surface area (Å²) in [6, 6.07) is 15.8. The maximum atomic E-state index is 13.1. The molecule has 0 radical (unpaired) electrons. The molecule has 0 spiro atoms. The number of fused-ring (bicyclic) bond motifs is 1. The van der Waals surface area contributed by atoms with E-state index in [9.17, 15) is 9.59 Å². The fourth-order valence-corrected chi connectivity index (χ4v) is 3.73. The van der Waals surface area contributed by atoms with Gasteiger partial charge in [-0.1, -0.05) is 43.5 Å². The third kappa shape index (κ3) is 5.32. The standard InChI is InChI=1S/C24H30N2O4/c1-29-20-15-13-19(14-16-20)18-26-22-11-8-7-10-21(22)25(24(26)28)17-9-5-3-4-6-12-23(27)30-2/h7-8,10-11,13-16H,3-6,9,12,17-18H2,1-2H3. The molecule has 0 saturated heterocycles. The second-order valence-electron chi connectivity index (χ2n) is 7.45. The summed E-state index contributed by atoms with van der Waals surface area (Å²) in [5.74, 6) is 0.659. The number of carbonyl (C=O) groups excluding carboxylic acids is 1. The Labute approximate surface area is 177 Å². The van der Waals surface area contributed by atoms with Crippen molar-refractivity contribution in [2.24, 2.45) is 0 Å². The van der Waals surface area contributed by atoms with E-state index in [0.717, 1.165) is 54.5 Å². The number of hydrogen-bond donors (Lipinski definition) is 0. The predicted molar refractivity (Wildman–Crippen MR) is 118 cm³/mol. The van der Waals surface area contributed by atoms with E-state index in [1.807, 2.05) is 57.7 Å². The Morgan fingerprint density at radius 3 is 2.13 bits per heavy atom. The minimum atomic E-state index is -0.147. The number of esters is 1. The van der Waals surface area contributed by atoms with Crippen LogP contribution in [0.3, 0.4) is 0 Å². The molecule has 0 bridgehead atoms. The number of para-hydroxylation sites is 2. The van der Waals surface area contributed by atoms with Gasteiger partial charge in [0.25, 0.3) is 0 Å². The van der Waals surface area contributed by atoms with E-state index in [1.54, 1.807) is 7.11 Å². The molecule has 0 fully saturated rings. The Bertz CT molecular complexity index is 1020. The number of benzene rings is 2. The number of hydrogen-bond acceptors (Lipinski definition) is 4. The van der Waals surface area contributed by atoms with Gasteiger partial charge < -0.3 is 9.47 Å². The minimum Gasteiger partial charge on any atom is -0.497 e. The molecule has 6 heteroatoms. The molecule has 0 amide bonds. The highest BCUT2D eigenvalue weighted by molar-refractivity contribution is 5.76. The van der Waals surface area contributed by atoms with Crippen LogP contribution in [0.4, 0.5) is 0 Å². The molecule has 3 rings (SSSR count). The molecule has 0 N–H and O–H groups in total. The van der Waals surface area contributed by atoms with Gasteiger partial charge in [-0.3, -0.25) is 13.9 Å². The number of methoxy groups -OCH3 is 2. The van der Waals surface area contributed by atoms with Gasteiger partial charge in [-0.05, 0) is 42.7 Å². The van der Waals surface area contributed by atoms with Gasteiger partial charge in [-0.2, -0.15) is 0 Å². The number of aryl methyl sites for hydroxylation is 1. The van der Waals surface area contributed by atoms with Crippen LogP contribution in [-0.4, -0.2) is 29.3 Å². The number of rotatable bonds is 11. The van der Waals surface area contributed by atoms with E-state index < -0.39 is 0 Å². The smallest absolute Gasteiger partial charge is 0.329 e. The molecule has 0 unspecified atom stereocenters. The topological polar surface area (TPSA) is 62.5 Å². The number of imidazole rings is 1. The van der Waals surface area contributed by atoms with Crippen LogP contribution in [0.25, 0.3) is 11.0 Å². The highest BCUT2D eigenvalue weighted by atomic mass is 16.5. The fourth-order valence-electron chi connectivity index (χ4n) is 3.73. The molecule has 0 aliphatic carbocycles. The van der Waals surface area contributed by atoms with Crippen molar-refractivity contribution < 1.29 is 14.3 Å². The Kier molecular flexibility index (Phi) is 7.71. The van der Waals surface area contributed by atoms with Crippen LogP contribution < -0.4 is 10.4 Å². The first-order valence-corrected chi connectivity index (χ1v) is 10.5. The first kappa shape index (κ1) is 21.7. The Morgan fingerprint density at radius 2 is 1.47 bits per heavy atom. The van der Waals surface area contributed by atoms with E-state index >= 15 is 0 Å². The fraction of sp³-hybridized carbons (Fsp3) is 0.417. The quantitative estimate of drug-likeness (QED) is 0.348. The largest absolute Gasteiger partial charge is 0.497 e. The molecule has 1 heterocycles. The molecule has 160 valence electrons. The van der Waals surface area contributed by atoms with Crippen LogP contribution >= 0.6 is 0 Å². The van der Waals surface area contributed by atoms with Crippen LogP contribution in [-0.2, 0) is 22.6 Å². The summed E-state index contributed by atoms with van der Waals surface area (Å²) >= 11 is 0. The van der Waals surface area contributed by atoms with Crippen molar-refractivity contribution >= 4 is 17.0 Å². The monoisotopic (exact) mass is 410 g/mol. The molecular weight excluding hydrogens is 380 g/mol. The van der Waals surface area contributed by atoms with Crippen LogP contribution in [0, 0.1) is 0 Å². The Morgan fingerprint density at radius 1 is 0.833 bits per heavy atom. The number of nitrogens with zero attached hydrogens (tertiary/aromatic N) is 2. The maximum Gasteiger partial charge on any atom is 0.329 e. The van der Waals surface area contributed by atoms with E-state index in [-0.39, 0.29) is 11.7 Å². The molecule has 0 atom stereocenters. The zero-order valence-electron chi connectivity index (χ0n) is 17.8. The van der Waals surface area contributed by atoms with Crippen molar-refractivity contribution in [1.29, 1.82) is 0 Å². The normalized spacial score (nSPS) is 11.0. The van der Waals surface area contributed by atoms with Crippen molar-refractivity contribution in [1.82, 2.24) is 9.13 Å².